The highest BCUT2D eigenvalue weighted by Crippen LogP contribution is 2.47. The molecule has 0 saturated carbocycles. The number of hydrogen-bond acceptors (Lipinski definition) is 7. The van der Waals surface area contributed by atoms with Crippen LogP contribution >= 0.6 is 0 Å². The smallest absolute Gasteiger partial charge is 0.333 e. The summed E-state index contributed by atoms with van der Waals surface area (Å²) in [5.41, 5.74) is 5.58. The molecular weight excluding hydrogens is 618 g/mol. The number of nitrogens with zero attached hydrogens (tertiary/aromatic N) is 3. The lowest BCUT2D eigenvalue weighted by Crippen LogP contribution is -2.32. The molecule has 0 bridgehead atoms. The van der Waals surface area contributed by atoms with Crippen molar-refractivity contribution in [2.24, 2.45) is 0 Å². The van der Waals surface area contributed by atoms with Gasteiger partial charge in [0.05, 0.1) is 10.3 Å². The minimum atomic E-state index is -4.30. The third kappa shape index (κ3) is 6.73. The number of imide groups is 1. The van der Waals surface area contributed by atoms with Gasteiger partial charge in [-0.3, -0.25) is 14.1 Å². The molecular formula is C36H42N3O7S+. The molecule has 248 valence electrons. The molecule has 0 unspecified atom stereocenters. The maximum atomic E-state index is 12.2. The van der Waals surface area contributed by atoms with Crippen molar-refractivity contribution in [3.8, 4) is 0 Å². The van der Waals surface area contributed by atoms with Crippen molar-refractivity contribution in [2.75, 3.05) is 18.5 Å². The summed E-state index contributed by atoms with van der Waals surface area (Å²) >= 11 is 0. The van der Waals surface area contributed by atoms with Crippen LogP contribution in [-0.4, -0.2) is 59.7 Å². The zero-order valence-corrected chi connectivity index (χ0v) is 28.3. The lowest BCUT2D eigenvalue weighted by atomic mass is 9.81. The second kappa shape index (κ2) is 13.0. The number of carbonyl (C=O) groups is 3. The number of rotatable bonds is 11. The highest BCUT2D eigenvalue weighted by atomic mass is 32.2. The van der Waals surface area contributed by atoms with E-state index in [2.05, 4.69) is 43.0 Å². The Balaban J connectivity index is 1.25. The van der Waals surface area contributed by atoms with Crippen LogP contribution in [-0.2, 0) is 40.2 Å². The summed E-state index contributed by atoms with van der Waals surface area (Å²) < 4.78 is 35.1. The van der Waals surface area contributed by atoms with Gasteiger partial charge < -0.3 is 9.74 Å². The van der Waals surface area contributed by atoms with Crippen LogP contribution in [0.1, 0.15) is 77.3 Å². The number of anilines is 1. The van der Waals surface area contributed by atoms with E-state index in [0.717, 1.165) is 47.7 Å². The van der Waals surface area contributed by atoms with Crippen molar-refractivity contribution in [3.63, 3.8) is 0 Å². The van der Waals surface area contributed by atoms with Crippen molar-refractivity contribution >= 4 is 45.0 Å². The molecule has 5 rings (SSSR count). The molecule has 2 aromatic rings. The van der Waals surface area contributed by atoms with Gasteiger partial charge in [-0.05, 0) is 56.5 Å². The zero-order chi connectivity index (χ0) is 34.1. The van der Waals surface area contributed by atoms with E-state index in [1.807, 2.05) is 55.8 Å². The highest BCUT2D eigenvalue weighted by Gasteiger charge is 2.43. The molecule has 3 heterocycles. The van der Waals surface area contributed by atoms with E-state index >= 15 is 0 Å². The first kappa shape index (κ1) is 34.0. The Morgan fingerprint density at radius 2 is 1.64 bits per heavy atom. The molecule has 1 saturated heterocycles. The van der Waals surface area contributed by atoms with Crippen LogP contribution in [0.5, 0.6) is 0 Å². The number of hydroxylamine groups is 2. The molecule has 1 N–H and O–H groups in total. The molecule has 3 aliphatic heterocycles. The van der Waals surface area contributed by atoms with Crippen molar-refractivity contribution in [2.45, 2.75) is 81.9 Å². The Kier molecular flexibility index (Phi) is 9.43. The lowest BCUT2D eigenvalue weighted by Gasteiger charge is -2.27. The molecule has 2 amide bonds. The Morgan fingerprint density at radius 3 is 2.34 bits per heavy atom. The maximum Gasteiger partial charge on any atom is 0.333 e. The minimum Gasteiger partial charge on any atom is -0.344 e. The fraction of sp³-hybridized carbons (Fsp3) is 0.389. The quantitative estimate of drug-likeness (QED) is 0.104. The summed E-state index contributed by atoms with van der Waals surface area (Å²) in [5.74, 6) is -1.52. The van der Waals surface area contributed by atoms with Crippen LogP contribution in [0.2, 0.25) is 0 Å². The second-order valence-corrected chi connectivity index (χ2v) is 14.6. The fourth-order valence-corrected chi connectivity index (χ4v) is 7.24. The molecule has 3 aliphatic rings. The summed E-state index contributed by atoms with van der Waals surface area (Å²) in [6, 6.07) is 13.1. The number of carbonyl (C=O) groups excluding carboxylic acids is 3. The third-order valence-electron chi connectivity index (χ3n) is 9.29. The number of para-hydroxylation sites is 1. The molecule has 47 heavy (non-hydrogen) atoms. The van der Waals surface area contributed by atoms with Gasteiger partial charge in [0.15, 0.2) is 5.71 Å². The van der Waals surface area contributed by atoms with Crippen LogP contribution in [0.15, 0.2) is 83.4 Å². The first-order valence-electron chi connectivity index (χ1n) is 15.9. The summed E-state index contributed by atoms with van der Waals surface area (Å²) in [5, 5.41) is 0.595. The van der Waals surface area contributed by atoms with Crippen LogP contribution in [0.4, 0.5) is 11.4 Å². The van der Waals surface area contributed by atoms with Gasteiger partial charge in [-0.1, -0.05) is 56.7 Å². The summed E-state index contributed by atoms with van der Waals surface area (Å²) in [6.45, 7) is 9.24. The Bertz CT molecular complexity index is 1830. The standard InChI is InChI=1S/C36H41N3O7S/c1-35(2)26-14-11-12-15-29(26)38(23-13-7-10-18-34(42)46-39-32(40)21-22-33(39)41)31(35)17-9-6-8-16-30-36(3,4)27-24-25(47(43,44)45)19-20-28(27)37(30)5/h6,8-9,11-12,14-17,19-20,24H,7,10,13,18,21-23H2,1-5H3/p+1. The van der Waals surface area contributed by atoms with E-state index in [0.29, 0.717) is 11.5 Å². The summed E-state index contributed by atoms with van der Waals surface area (Å²) in [4.78, 5) is 42.8. The number of allylic oxidation sites excluding steroid dienone is 6. The predicted molar refractivity (Wildman–Crippen MR) is 179 cm³/mol. The molecule has 0 aliphatic carbocycles. The van der Waals surface area contributed by atoms with Crippen molar-refractivity contribution in [3.05, 3.63) is 89.7 Å². The van der Waals surface area contributed by atoms with Crippen LogP contribution in [0.3, 0.4) is 0 Å². The number of amides is 2. The third-order valence-corrected chi connectivity index (χ3v) is 10.1. The number of fused-ring (bicyclic) bond motifs is 2. The normalized spacial score (nSPS) is 19.5. The Labute approximate surface area is 276 Å². The van der Waals surface area contributed by atoms with Crippen molar-refractivity contribution in [1.29, 1.82) is 0 Å². The number of benzene rings is 2. The van der Waals surface area contributed by atoms with Gasteiger partial charge in [-0.25, -0.2) is 4.79 Å². The molecule has 1 fully saturated rings. The molecule has 0 aromatic heterocycles. The average Bonchev–Trinajstić information content (AvgIpc) is 3.51. The molecule has 0 atom stereocenters. The second-order valence-electron chi connectivity index (χ2n) is 13.2. The minimum absolute atomic E-state index is 0.0770. The molecule has 2 aromatic carbocycles. The Hall–Kier alpha value is -4.35. The van der Waals surface area contributed by atoms with Gasteiger partial charge in [0.1, 0.15) is 7.05 Å². The van der Waals surface area contributed by atoms with Gasteiger partial charge in [-0.2, -0.15) is 13.0 Å². The van der Waals surface area contributed by atoms with Gasteiger partial charge >= 0.3 is 5.97 Å². The number of unbranched alkanes of at least 4 members (excludes halogenated alkanes) is 2. The van der Waals surface area contributed by atoms with Crippen molar-refractivity contribution < 1.29 is 36.8 Å². The van der Waals surface area contributed by atoms with Crippen LogP contribution < -0.4 is 4.90 Å². The first-order valence-corrected chi connectivity index (χ1v) is 17.3. The van der Waals surface area contributed by atoms with E-state index < -0.39 is 33.3 Å². The zero-order valence-electron chi connectivity index (χ0n) is 27.5. The van der Waals surface area contributed by atoms with E-state index in [1.165, 1.54) is 11.6 Å². The Morgan fingerprint density at radius 1 is 0.936 bits per heavy atom. The average molecular weight is 661 g/mol. The van der Waals surface area contributed by atoms with E-state index in [4.69, 9.17) is 4.84 Å². The SMILES string of the molecule is C[N+]1=C(/C=C/C=C/C=C2N(CCCCCC(=O)ON3C(=O)CCC3=O)c3ccccc3C2(C)C)C(C)(C)c2cc(S(=O)(=O)O)ccc21. The monoisotopic (exact) mass is 660 g/mol. The largest absolute Gasteiger partial charge is 0.344 e. The molecule has 0 spiro atoms. The topological polar surface area (TPSA) is 124 Å². The molecule has 0 radical (unpaired) electrons. The van der Waals surface area contributed by atoms with Gasteiger partial charge in [0.2, 0.25) is 5.69 Å². The van der Waals surface area contributed by atoms with Gasteiger partial charge in [0.25, 0.3) is 21.9 Å². The van der Waals surface area contributed by atoms with Gasteiger partial charge in [0, 0.05) is 60.3 Å². The summed E-state index contributed by atoms with van der Waals surface area (Å²) in [7, 11) is -2.36. The fourth-order valence-electron chi connectivity index (χ4n) is 6.74. The van der Waals surface area contributed by atoms with Crippen LogP contribution in [0, 0.1) is 0 Å². The van der Waals surface area contributed by atoms with E-state index in [-0.39, 0.29) is 29.6 Å². The highest BCUT2D eigenvalue weighted by molar-refractivity contribution is 7.85. The summed E-state index contributed by atoms with van der Waals surface area (Å²) in [6.07, 6.45) is 12.6. The van der Waals surface area contributed by atoms with E-state index in [1.54, 1.807) is 12.1 Å². The molecule has 10 nitrogen and oxygen atoms in total. The molecule has 11 heteroatoms. The van der Waals surface area contributed by atoms with E-state index in [9.17, 15) is 27.4 Å². The maximum absolute atomic E-state index is 12.2. The number of hydrogen-bond donors (Lipinski definition) is 1. The van der Waals surface area contributed by atoms with Crippen molar-refractivity contribution in [1.82, 2.24) is 5.06 Å². The van der Waals surface area contributed by atoms with Gasteiger partial charge in [-0.15, -0.1) is 5.06 Å². The first-order chi connectivity index (χ1) is 22.1. The predicted octanol–water partition coefficient (Wildman–Crippen LogP) is 5.90. The van der Waals surface area contributed by atoms with Crippen LogP contribution in [0.25, 0.3) is 0 Å². The lowest BCUT2D eigenvalue weighted by molar-refractivity contribution is -0.401.